The average Bonchev–Trinajstić information content (AvgIpc) is 2.79. The van der Waals surface area contributed by atoms with Gasteiger partial charge in [0, 0.05) is 19.0 Å². The Morgan fingerprint density at radius 1 is 1.15 bits per heavy atom. The quantitative estimate of drug-likeness (QED) is 0.915. The zero-order chi connectivity index (χ0) is 14.1. The molecule has 0 bridgehead atoms. The van der Waals surface area contributed by atoms with Crippen LogP contribution in [-0.2, 0) is 6.54 Å². The second-order valence-electron chi connectivity index (χ2n) is 5.50. The molecule has 3 nitrogen and oxygen atoms in total. The Hall–Kier alpha value is -0.770. The Bertz CT molecular complexity index is 615. The smallest absolute Gasteiger partial charge is 0.113 e. The summed E-state index contributed by atoms with van der Waals surface area (Å²) in [5.41, 5.74) is 7.74. The molecule has 5 heteroatoms. The van der Waals surface area contributed by atoms with Gasteiger partial charge < -0.3 is 10.3 Å². The molecule has 0 amide bonds. The van der Waals surface area contributed by atoms with Crippen molar-refractivity contribution in [3.05, 3.63) is 28.0 Å². The fourth-order valence-corrected chi connectivity index (χ4v) is 3.49. The molecular formula is C15H19Cl2N3. The van der Waals surface area contributed by atoms with Gasteiger partial charge in [0.25, 0.3) is 0 Å². The molecular weight excluding hydrogens is 293 g/mol. The van der Waals surface area contributed by atoms with Crippen LogP contribution in [0.5, 0.6) is 0 Å². The highest BCUT2D eigenvalue weighted by molar-refractivity contribution is 6.42. The highest BCUT2D eigenvalue weighted by Gasteiger charge is 2.22. The Balaban J connectivity index is 2.12. The molecule has 1 aliphatic carbocycles. The lowest BCUT2D eigenvalue weighted by Gasteiger charge is -2.22. The molecule has 1 aromatic carbocycles. The van der Waals surface area contributed by atoms with Gasteiger partial charge in [0.15, 0.2) is 0 Å². The predicted molar refractivity (Wildman–Crippen MR) is 84.6 cm³/mol. The second-order valence-corrected chi connectivity index (χ2v) is 6.31. The molecule has 1 saturated carbocycles. The summed E-state index contributed by atoms with van der Waals surface area (Å²) >= 11 is 12.3. The molecule has 0 saturated heterocycles. The Kier molecular flexibility index (Phi) is 4.20. The molecule has 0 spiro atoms. The molecule has 3 rings (SSSR count). The number of imidazole rings is 1. The van der Waals surface area contributed by atoms with Crippen molar-refractivity contribution in [3.63, 3.8) is 0 Å². The molecule has 0 aliphatic heterocycles. The van der Waals surface area contributed by atoms with E-state index in [4.69, 9.17) is 33.9 Å². The normalized spacial score (nSPS) is 16.9. The van der Waals surface area contributed by atoms with Crippen molar-refractivity contribution in [2.24, 2.45) is 5.73 Å². The standard InChI is InChI=1S/C15H19Cl2N3/c16-11-8-13-14(9-12(11)17)20(7-6-18)15(19-13)10-4-2-1-3-5-10/h8-10H,1-7,18H2. The molecule has 0 unspecified atom stereocenters. The van der Waals surface area contributed by atoms with Gasteiger partial charge in [0.05, 0.1) is 21.1 Å². The van der Waals surface area contributed by atoms with Gasteiger partial charge in [0.1, 0.15) is 5.82 Å². The van der Waals surface area contributed by atoms with Crippen LogP contribution in [0, 0.1) is 0 Å². The Morgan fingerprint density at radius 2 is 1.85 bits per heavy atom. The second kappa shape index (κ2) is 5.92. The third-order valence-electron chi connectivity index (χ3n) is 4.14. The van der Waals surface area contributed by atoms with Crippen molar-refractivity contribution in [2.75, 3.05) is 6.54 Å². The van der Waals surface area contributed by atoms with Gasteiger partial charge in [-0.2, -0.15) is 0 Å². The van der Waals surface area contributed by atoms with E-state index in [0.717, 1.165) is 23.4 Å². The number of halogens is 2. The molecule has 1 heterocycles. The number of aromatic nitrogens is 2. The van der Waals surface area contributed by atoms with Crippen LogP contribution in [0.4, 0.5) is 0 Å². The number of rotatable bonds is 3. The first-order chi connectivity index (χ1) is 9.70. The van der Waals surface area contributed by atoms with Crippen molar-refractivity contribution in [1.82, 2.24) is 9.55 Å². The summed E-state index contributed by atoms with van der Waals surface area (Å²) in [4.78, 5) is 4.82. The third-order valence-corrected chi connectivity index (χ3v) is 4.86. The van der Waals surface area contributed by atoms with Gasteiger partial charge in [-0.15, -0.1) is 0 Å². The monoisotopic (exact) mass is 311 g/mol. The zero-order valence-electron chi connectivity index (χ0n) is 11.4. The maximum atomic E-state index is 6.15. The number of fused-ring (bicyclic) bond motifs is 1. The van der Waals surface area contributed by atoms with E-state index in [1.165, 1.54) is 32.1 Å². The SMILES string of the molecule is NCCn1c(C2CCCCC2)nc2cc(Cl)c(Cl)cc21. The maximum absolute atomic E-state index is 6.15. The largest absolute Gasteiger partial charge is 0.329 e. The topological polar surface area (TPSA) is 43.8 Å². The number of hydrogen-bond acceptors (Lipinski definition) is 2. The fraction of sp³-hybridized carbons (Fsp3) is 0.533. The summed E-state index contributed by atoms with van der Waals surface area (Å²) < 4.78 is 2.23. The highest BCUT2D eigenvalue weighted by Crippen LogP contribution is 2.35. The summed E-state index contributed by atoms with van der Waals surface area (Å²) in [6.07, 6.45) is 6.35. The van der Waals surface area contributed by atoms with Crippen molar-refractivity contribution < 1.29 is 0 Å². The summed E-state index contributed by atoms with van der Waals surface area (Å²) in [6.45, 7) is 1.38. The van der Waals surface area contributed by atoms with Gasteiger partial charge in [-0.05, 0) is 25.0 Å². The van der Waals surface area contributed by atoms with Crippen LogP contribution in [0.15, 0.2) is 12.1 Å². The van der Waals surface area contributed by atoms with Gasteiger partial charge in [0.2, 0.25) is 0 Å². The average molecular weight is 312 g/mol. The summed E-state index contributed by atoms with van der Waals surface area (Å²) in [7, 11) is 0. The summed E-state index contributed by atoms with van der Waals surface area (Å²) in [5, 5.41) is 1.14. The molecule has 2 N–H and O–H groups in total. The van der Waals surface area contributed by atoms with Crippen LogP contribution in [0.1, 0.15) is 43.8 Å². The molecule has 1 fully saturated rings. The molecule has 0 atom stereocenters. The maximum Gasteiger partial charge on any atom is 0.113 e. The van der Waals surface area contributed by atoms with E-state index in [-0.39, 0.29) is 0 Å². The van der Waals surface area contributed by atoms with Gasteiger partial charge in [-0.25, -0.2) is 4.98 Å². The Labute approximate surface area is 129 Å². The molecule has 0 radical (unpaired) electrons. The minimum Gasteiger partial charge on any atom is -0.329 e. The van der Waals surface area contributed by atoms with Gasteiger partial charge >= 0.3 is 0 Å². The zero-order valence-corrected chi connectivity index (χ0v) is 12.9. The van der Waals surface area contributed by atoms with Crippen LogP contribution in [0.3, 0.4) is 0 Å². The van der Waals surface area contributed by atoms with E-state index in [2.05, 4.69) is 4.57 Å². The van der Waals surface area contributed by atoms with E-state index in [0.29, 0.717) is 22.5 Å². The molecule has 1 aliphatic rings. The van der Waals surface area contributed by atoms with Gasteiger partial charge in [-0.1, -0.05) is 42.5 Å². The first-order valence-electron chi connectivity index (χ1n) is 7.26. The van der Waals surface area contributed by atoms with Crippen LogP contribution in [-0.4, -0.2) is 16.1 Å². The minimum absolute atomic E-state index is 0.542. The number of benzene rings is 1. The van der Waals surface area contributed by atoms with Crippen LogP contribution in [0.25, 0.3) is 11.0 Å². The number of hydrogen-bond donors (Lipinski definition) is 1. The van der Waals surface area contributed by atoms with Crippen molar-refractivity contribution in [3.8, 4) is 0 Å². The molecule has 108 valence electrons. The lowest BCUT2D eigenvalue weighted by molar-refractivity contribution is 0.417. The van der Waals surface area contributed by atoms with Crippen LogP contribution < -0.4 is 5.73 Å². The van der Waals surface area contributed by atoms with Crippen LogP contribution >= 0.6 is 23.2 Å². The van der Waals surface area contributed by atoms with Crippen molar-refractivity contribution in [2.45, 2.75) is 44.6 Å². The summed E-state index contributed by atoms with van der Waals surface area (Å²) in [6, 6.07) is 3.77. The molecule has 20 heavy (non-hydrogen) atoms. The van der Waals surface area contributed by atoms with Crippen molar-refractivity contribution in [1.29, 1.82) is 0 Å². The van der Waals surface area contributed by atoms with E-state index < -0.39 is 0 Å². The van der Waals surface area contributed by atoms with E-state index in [9.17, 15) is 0 Å². The lowest BCUT2D eigenvalue weighted by atomic mass is 9.88. The van der Waals surface area contributed by atoms with Gasteiger partial charge in [-0.3, -0.25) is 0 Å². The number of nitrogens with two attached hydrogens (primary N) is 1. The predicted octanol–water partition coefficient (Wildman–Crippen LogP) is 4.35. The van der Waals surface area contributed by atoms with E-state index in [1.54, 1.807) is 0 Å². The van der Waals surface area contributed by atoms with Crippen LogP contribution in [0.2, 0.25) is 10.0 Å². The first-order valence-corrected chi connectivity index (χ1v) is 8.01. The number of nitrogens with zero attached hydrogens (tertiary/aromatic N) is 2. The third kappa shape index (κ3) is 2.54. The molecule has 2 aromatic rings. The molecule has 1 aromatic heterocycles. The van der Waals surface area contributed by atoms with E-state index >= 15 is 0 Å². The lowest BCUT2D eigenvalue weighted by Crippen LogP contribution is -2.16. The Morgan fingerprint density at radius 3 is 2.55 bits per heavy atom. The first kappa shape index (κ1) is 14.2. The highest BCUT2D eigenvalue weighted by atomic mass is 35.5. The minimum atomic E-state index is 0.542. The fourth-order valence-electron chi connectivity index (χ4n) is 3.18. The van der Waals surface area contributed by atoms with E-state index in [1.807, 2.05) is 12.1 Å². The summed E-state index contributed by atoms with van der Waals surface area (Å²) in [5.74, 6) is 1.70. The van der Waals surface area contributed by atoms with Crippen molar-refractivity contribution >= 4 is 34.2 Å².